The molecule has 3 heteroatoms. The molecule has 0 N–H and O–H groups in total. The molecule has 2 aromatic rings. The third-order valence-corrected chi connectivity index (χ3v) is 8.07. The lowest BCUT2D eigenvalue weighted by atomic mass is 9.70. The van der Waals surface area contributed by atoms with Gasteiger partial charge in [0.2, 0.25) is 0 Å². The van der Waals surface area contributed by atoms with Gasteiger partial charge < -0.3 is 4.74 Å². The molecule has 176 valence electrons. The molecular formula is C30H36ClFO. The molecule has 0 saturated heterocycles. The zero-order valence-electron chi connectivity index (χ0n) is 19.8. The maximum atomic E-state index is 14.5. The van der Waals surface area contributed by atoms with Crippen LogP contribution in [0.25, 0.3) is 16.7 Å². The Morgan fingerprint density at radius 2 is 1.73 bits per heavy atom. The Balaban J connectivity index is 1.37. The van der Waals surface area contributed by atoms with Crippen LogP contribution in [0.4, 0.5) is 4.39 Å². The third kappa shape index (κ3) is 5.72. The van der Waals surface area contributed by atoms with Crippen molar-refractivity contribution in [1.29, 1.82) is 0 Å². The van der Waals surface area contributed by atoms with Crippen molar-refractivity contribution in [3.8, 4) is 16.9 Å². The molecule has 0 radical (unpaired) electrons. The summed E-state index contributed by atoms with van der Waals surface area (Å²) in [6, 6.07) is 11.9. The average Bonchev–Trinajstić information content (AvgIpc) is 2.86. The zero-order chi connectivity index (χ0) is 23.2. The summed E-state index contributed by atoms with van der Waals surface area (Å²) in [7, 11) is 0. The summed E-state index contributed by atoms with van der Waals surface area (Å²) in [6.45, 7) is 6.11. The minimum Gasteiger partial charge on any atom is -0.491 e. The molecule has 1 atom stereocenters. The molecule has 2 aromatic carbocycles. The van der Waals surface area contributed by atoms with Crippen LogP contribution < -0.4 is 4.74 Å². The van der Waals surface area contributed by atoms with E-state index in [4.69, 9.17) is 16.3 Å². The van der Waals surface area contributed by atoms with Crippen molar-refractivity contribution in [1.82, 2.24) is 0 Å². The van der Waals surface area contributed by atoms with Gasteiger partial charge in [-0.3, -0.25) is 0 Å². The summed E-state index contributed by atoms with van der Waals surface area (Å²) >= 11 is 6.31. The van der Waals surface area contributed by atoms with Crippen molar-refractivity contribution in [2.75, 3.05) is 6.61 Å². The number of allylic oxidation sites excluding steroid dienone is 3. The average molecular weight is 467 g/mol. The molecule has 0 aromatic heterocycles. The first kappa shape index (κ1) is 24.1. The maximum absolute atomic E-state index is 14.5. The number of ether oxygens (including phenoxy) is 1. The fourth-order valence-electron chi connectivity index (χ4n) is 5.73. The van der Waals surface area contributed by atoms with Gasteiger partial charge in [-0.25, -0.2) is 4.39 Å². The summed E-state index contributed by atoms with van der Waals surface area (Å²) < 4.78 is 19.8. The largest absolute Gasteiger partial charge is 0.491 e. The summed E-state index contributed by atoms with van der Waals surface area (Å²) in [5.41, 5.74) is 4.34. The van der Waals surface area contributed by atoms with E-state index in [0.29, 0.717) is 12.2 Å². The fraction of sp³-hybridized carbons (Fsp3) is 0.467. The van der Waals surface area contributed by atoms with Gasteiger partial charge in [-0.1, -0.05) is 60.9 Å². The number of hydrogen-bond acceptors (Lipinski definition) is 1. The highest BCUT2D eigenvalue weighted by Crippen LogP contribution is 2.42. The van der Waals surface area contributed by atoms with Gasteiger partial charge in [0.1, 0.15) is 0 Å². The van der Waals surface area contributed by atoms with Crippen LogP contribution in [0.3, 0.4) is 0 Å². The highest BCUT2D eigenvalue weighted by Gasteiger charge is 2.28. The standard InChI is InChI=1S/C30H36ClFO/c1-3-5-6-21-7-9-22(10-8-21)23-11-13-24(14-12-23)25-15-17-26(18-16-25)27-19-20-28(33-4-2)30(32)29(27)31/h3,13,15-23H,1,4-12,14H2,2H3. The van der Waals surface area contributed by atoms with Gasteiger partial charge in [0.15, 0.2) is 11.6 Å². The van der Waals surface area contributed by atoms with Crippen LogP contribution in [0.15, 0.2) is 55.1 Å². The zero-order valence-corrected chi connectivity index (χ0v) is 20.5. The van der Waals surface area contributed by atoms with Crippen molar-refractivity contribution >= 4 is 17.2 Å². The van der Waals surface area contributed by atoms with Crippen molar-refractivity contribution in [2.24, 2.45) is 17.8 Å². The van der Waals surface area contributed by atoms with Crippen molar-refractivity contribution in [3.63, 3.8) is 0 Å². The Hall–Kier alpha value is -2.06. The Kier molecular flexibility index (Phi) is 8.30. The van der Waals surface area contributed by atoms with Crippen LogP contribution in [0.2, 0.25) is 5.02 Å². The quantitative estimate of drug-likeness (QED) is 0.352. The van der Waals surface area contributed by atoms with Gasteiger partial charge in [-0.15, -0.1) is 6.58 Å². The molecule has 2 aliphatic carbocycles. The Morgan fingerprint density at radius 1 is 1.00 bits per heavy atom. The molecule has 1 nitrogen and oxygen atoms in total. The van der Waals surface area contributed by atoms with E-state index in [9.17, 15) is 4.39 Å². The van der Waals surface area contributed by atoms with Gasteiger partial charge in [0, 0.05) is 5.56 Å². The van der Waals surface area contributed by atoms with E-state index in [1.54, 1.807) is 6.07 Å². The van der Waals surface area contributed by atoms with Crippen LogP contribution in [0.5, 0.6) is 5.75 Å². The minimum atomic E-state index is -0.490. The predicted molar refractivity (Wildman–Crippen MR) is 138 cm³/mol. The van der Waals surface area contributed by atoms with E-state index in [1.807, 2.05) is 25.1 Å². The molecule has 33 heavy (non-hydrogen) atoms. The van der Waals surface area contributed by atoms with E-state index in [0.717, 1.165) is 29.7 Å². The van der Waals surface area contributed by atoms with E-state index in [1.165, 1.54) is 62.5 Å². The highest BCUT2D eigenvalue weighted by molar-refractivity contribution is 6.33. The van der Waals surface area contributed by atoms with Crippen LogP contribution in [0.1, 0.15) is 70.3 Å². The second-order valence-electron chi connectivity index (χ2n) is 9.66. The van der Waals surface area contributed by atoms with Gasteiger partial charge >= 0.3 is 0 Å². The van der Waals surface area contributed by atoms with Crippen LogP contribution in [0, 0.1) is 23.6 Å². The first-order valence-corrected chi connectivity index (χ1v) is 13.0. The monoisotopic (exact) mass is 466 g/mol. The fourth-order valence-corrected chi connectivity index (χ4v) is 6.00. The lowest BCUT2D eigenvalue weighted by Gasteiger charge is -2.35. The number of hydrogen-bond donors (Lipinski definition) is 0. The molecule has 0 bridgehead atoms. The number of halogens is 2. The SMILES string of the molecule is C=CCCC1CCC(C2CC=C(c3ccc(-c4ccc(OCC)c(F)c4Cl)cc3)CC2)CC1. The summed E-state index contributed by atoms with van der Waals surface area (Å²) in [4.78, 5) is 0. The molecule has 1 saturated carbocycles. The molecule has 0 amide bonds. The molecule has 4 rings (SSSR count). The maximum Gasteiger partial charge on any atom is 0.184 e. The van der Waals surface area contributed by atoms with Crippen molar-refractivity contribution in [2.45, 2.75) is 64.7 Å². The normalized spacial score (nSPS) is 23.1. The summed E-state index contributed by atoms with van der Waals surface area (Å²) in [6.07, 6.45) is 16.3. The summed E-state index contributed by atoms with van der Waals surface area (Å²) in [5, 5.41) is 0.118. The molecule has 0 heterocycles. The van der Waals surface area contributed by atoms with Gasteiger partial charge in [0.05, 0.1) is 11.6 Å². The van der Waals surface area contributed by atoms with E-state index in [-0.39, 0.29) is 10.8 Å². The van der Waals surface area contributed by atoms with E-state index in [2.05, 4.69) is 30.9 Å². The molecule has 0 spiro atoms. The topological polar surface area (TPSA) is 9.23 Å². The van der Waals surface area contributed by atoms with Gasteiger partial charge in [-0.05, 0) is 98.5 Å². The van der Waals surface area contributed by atoms with Crippen LogP contribution in [-0.2, 0) is 0 Å². The third-order valence-electron chi connectivity index (χ3n) is 7.70. The molecule has 2 aliphatic rings. The summed E-state index contributed by atoms with van der Waals surface area (Å²) in [5.74, 6) is 2.39. The van der Waals surface area contributed by atoms with E-state index >= 15 is 0 Å². The lowest BCUT2D eigenvalue weighted by Crippen LogP contribution is -2.23. The Morgan fingerprint density at radius 3 is 2.36 bits per heavy atom. The van der Waals surface area contributed by atoms with Crippen LogP contribution >= 0.6 is 11.6 Å². The molecule has 1 unspecified atom stereocenters. The van der Waals surface area contributed by atoms with Crippen molar-refractivity contribution < 1.29 is 9.13 Å². The second kappa shape index (κ2) is 11.4. The first-order valence-electron chi connectivity index (χ1n) is 12.6. The second-order valence-corrected chi connectivity index (χ2v) is 10.0. The van der Waals surface area contributed by atoms with E-state index < -0.39 is 5.82 Å². The first-order chi connectivity index (χ1) is 16.1. The predicted octanol–water partition coefficient (Wildman–Crippen LogP) is 9.50. The Labute approximate surface area is 203 Å². The molecular weight excluding hydrogens is 431 g/mol. The smallest absolute Gasteiger partial charge is 0.184 e. The van der Waals surface area contributed by atoms with Crippen LogP contribution in [-0.4, -0.2) is 6.61 Å². The number of rotatable bonds is 8. The van der Waals surface area contributed by atoms with Gasteiger partial charge in [-0.2, -0.15) is 0 Å². The lowest BCUT2D eigenvalue weighted by molar-refractivity contribution is 0.190. The number of benzene rings is 2. The molecule has 0 aliphatic heterocycles. The highest BCUT2D eigenvalue weighted by atomic mass is 35.5. The molecule has 1 fully saturated rings. The minimum absolute atomic E-state index is 0.118. The van der Waals surface area contributed by atoms with Gasteiger partial charge in [0.25, 0.3) is 0 Å². The Bertz CT molecular complexity index is 970. The van der Waals surface area contributed by atoms with Crippen molar-refractivity contribution in [3.05, 3.63) is 71.5 Å².